The molecule has 0 saturated carbocycles. The van der Waals surface area contributed by atoms with Crippen molar-refractivity contribution < 1.29 is 0 Å². The first-order chi connectivity index (χ1) is 20.1. The number of pyridine rings is 4. The summed E-state index contributed by atoms with van der Waals surface area (Å²) in [6, 6.07) is 18.4. The number of H-pyrrole nitrogens is 1. The van der Waals surface area contributed by atoms with Gasteiger partial charge in [0.1, 0.15) is 11.6 Å². The number of nitrogens with one attached hydrogen (secondary N) is 4. The molecule has 10 nitrogen and oxygen atoms in total. The van der Waals surface area contributed by atoms with E-state index < -0.39 is 0 Å². The quantitative estimate of drug-likeness (QED) is 0.227. The van der Waals surface area contributed by atoms with Gasteiger partial charge in [-0.1, -0.05) is 0 Å². The molecule has 8 rings (SSSR count). The number of hydrogen-bond donors (Lipinski definition) is 4. The van der Waals surface area contributed by atoms with Crippen LogP contribution in [0.25, 0.3) is 33.5 Å². The normalized spacial score (nSPS) is 15.6. The van der Waals surface area contributed by atoms with Crippen LogP contribution in [0.5, 0.6) is 0 Å². The Balaban J connectivity index is 1.01. The molecule has 2 saturated heterocycles. The first kappa shape index (κ1) is 23.8. The number of fused-ring (bicyclic) bond motifs is 2. The Labute approximate surface area is 236 Å². The molecular weight excluding hydrogens is 512 g/mol. The van der Waals surface area contributed by atoms with Gasteiger partial charge in [0.25, 0.3) is 0 Å². The monoisotopic (exact) mass is 540 g/mol. The summed E-state index contributed by atoms with van der Waals surface area (Å²) in [4.78, 5) is 28.5. The molecule has 0 bridgehead atoms. The number of benzene rings is 1. The van der Waals surface area contributed by atoms with Gasteiger partial charge in [-0.15, -0.1) is 0 Å². The third kappa shape index (κ3) is 4.38. The highest BCUT2D eigenvalue weighted by atomic mass is 15.3. The Morgan fingerprint density at radius 3 is 2.54 bits per heavy atom. The van der Waals surface area contributed by atoms with Gasteiger partial charge in [-0.25, -0.2) is 15.0 Å². The number of aromatic amines is 1. The summed E-state index contributed by atoms with van der Waals surface area (Å²) in [5.41, 5.74) is 8.82. The highest BCUT2D eigenvalue weighted by molar-refractivity contribution is 5.95. The molecular formula is C31H28N10. The molecule has 1 aromatic carbocycles. The number of nitrogens with zero attached hydrogens (tertiary/aromatic N) is 6. The molecule has 0 atom stereocenters. The second kappa shape index (κ2) is 9.24. The third-order valence-electron chi connectivity index (χ3n) is 7.97. The molecule has 0 radical (unpaired) electrons. The molecule has 2 aliphatic heterocycles. The predicted molar refractivity (Wildman–Crippen MR) is 162 cm³/mol. The van der Waals surface area contributed by atoms with Crippen molar-refractivity contribution in [3.63, 3.8) is 0 Å². The van der Waals surface area contributed by atoms with Gasteiger partial charge >= 0.3 is 0 Å². The minimum Gasteiger partial charge on any atom is -0.370 e. The van der Waals surface area contributed by atoms with Gasteiger partial charge in [0, 0.05) is 78.2 Å². The van der Waals surface area contributed by atoms with E-state index in [0.29, 0.717) is 11.1 Å². The summed E-state index contributed by atoms with van der Waals surface area (Å²) in [7, 11) is 0. The van der Waals surface area contributed by atoms with E-state index in [1.807, 2.05) is 55.7 Å². The van der Waals surface area contributed by atoms with Crippen molar-refractivity contribution in [1.82, 2.24) is 35.2 Å². The van der Waals surface area contributed by atoms with Crippen LogP contribution in [0.4, 0.5) is 28.6 Å². The van der Waals surface area contributed by atoms with Crippen LogP contribution in [-0.2, 0) is 0 Å². The number of anilines is 5. The second-order valence-corrected chi connectivity index (χ2v) is 11.1. The predicted octanol–water partition coefficient (Wildman–Crippen LogP) is 5.17. The summed E-state index contributed by atoms with van der Waals surface area (Å²) in [5.74, 6) is 1.47. The molecule has 7 heterocycles. The zero-order valence-electron chi connectivity index (χ0n) is 22.5. The highest BCUT2D eigenvalue weighted by Crippen LogP contribution is 2.39. The molecule has 5 aromatic heterocycles. The lowest BCUT2D eigenvalue weighted by Gasteiger charge is -2.57. The number of rotatable bonds is 6. The zero-order chi connectivity index (χ0) is 27.4. The van der Waals surface area contributed by atoms with Crippen LogP contribution in [0.15, 0.2) is 79.4 Å². The molecule has 41 heavy (non-hydrogen) atoms. The van der Waals surface area contributed by atoms with Crippen LogP contribution < -0.4 is 20.9 Å². The molecule has 4 N–H and O–H groups in total. The number of aryl methyl sites for hydroxylation is 1. The fraction of sp³-hybridized carbons (Fsp3) is 0.194. The van der Waals surface area contributed by atoms with Crippen molar-refractivity contribution in [2.45, 2.75) is 6.92 Å². The van der Waals surface area contributed by atoms with Crippen molar-refractivity contribution in [3.05, 3.63) is 85.1 Å². The Morgan fingerprint density at radius 2 is 1.73 bits per heavy atom. The fourth-order valence-corrected chi connectivity index (χ4v) is 5.73. The summed E-state index contributed by atoms with van der Waals surface area (Å²) in [6.07, 6.45) is 7.22. The SMILES string of the molecule is Cc1cc(Nc2cnc3nc(-c4ccc(Nc5ccnc6ccc(N7CC8(CNC8)C7)cc56)nc4)[nH]c3c2)ccn1. The zero-order valence-corrected chi connectivity index (χ0v) is 22.5. The van der Waals surface area contributed by atoms with E-state index in [1.165, 1.54) is 5.69 Å². The lowest BCUT2D eigenvalue weighted by molar-refractivity contribution is 0.121. The molecule has 1 spiro atoms. The van der Waals surface area contributed by atoms with Crippen LogP contribution in [0, 0.1) is 12.3 Å². The van der Waals surface area contributed by atoms with Crippen molar-refractivity contribution in [3.8, 4) is 11.4 Å². The van der Waals surface area contributed by atoms with Gasteiger partial charge in [-0.05, 0) is 61.5 Å². The minimum absolute atomic E-state index is 0.477. The van der Waals surface area contributed by atoms with Gasteiger partial charge in [0.05, 0.1) is 28.6 Å². The standard InChI is InChI=1S/C31H28N10/c1-19-10-21(6-8-33-19)37-22-11-27-30(36-14-22)40-29(39-27)20-2-5-28(35-13-20)38-26-7-9-34-25-4-3-23(12-24(25)26)41-17-31(18-41)15-32-16-31/h2-14,32H,15-18H2,1H3,(H,33,37)(H,34,35,38)(H,36,39,40). The van der Waals surface area contributed by atoms with Gasteiger partial charge in [-0.3, -0.25) is 9.97 Å². The van der Waals surface area contributed by atoms with Gasteiger partial charge in [0.2, 0.25) is 0 Å². The Kier molecular flexibility index (Phi) is 5.36. The van der Waals surface area contributed by atoms with Crippen LogP contribution in [0.3, 0.4) is 0 Å². The van der Waals surface area contributed by atoms with Crippen LogP contribution in [0.2, 0.25) is 0 Å². The van der Waals surface area contributed by atoms with Gasteiger partial charge < -0.3 is 25.8 Å². The smallest absolute Gasteiger partial charge is 0.178 e. The summed E-state index contributed by atoms with van der Waals surface area (Å²) in [6.45, 7) is 6.44. The van der Waals surface area contributed by atoms with E-state index in [1.54, 1.807) is 12.4 Å². The molecule has 0 unspecified atom stereocenters. The fourth-order valence-electron chi connectivity index (χ4n) is 5.73. The van der Waals surface area contributed by atoms with Crippen LogP contribution >= 0.6 is 0 Å². The van der Waals surface area contributed by atoms with E-state index in [-0.39, 0.29) is 0 Å². The largest absolute Gasteiger partial charge is 0.370 e. The van der Waals surface area contributed by atoms with E-state index in [9.17, 15) is 0 Å². The third-order valence-corrected chi connectivity index (χ3v) is 7.97. The molecule has 2 aliphatic rings. The minimum atomic E-state index is 0.477. The Hall–Kier alpha value is -5.09. The average molecular weight is 541 g/mol. The van der Waals surface area contributed by atoms with Gasteiger partial charge in [0.15, 0.2) is 5.65 Å². The molecule has 202 valence electrons. The van der Waals surface area contributed by atoms with E-state index in [4.69, 9.17) is 0 Å². The summed E-state index contributed by atoms with van der Waals surface area (Å²) in [5, 5.41) is 11.4. The molecule has 0 amide bonds. The topological polar surface area (TPSA) is 120 Å². The van der Waals surface area contributed by atoms with Crippen molar-refractivity contribution in [2.24, 2.45) is 5.41 Å². The Bertz CT molecular complexity index is 1900. The maximum atomic E-state index is 4.68. The number of hydrogen-bond acceptors (Lipinski definition) is 9. The first-order valence-corrected chi connectivity index (χ1v) is 13.7. The van der Waals surface area contributed by atoms with Crippen LogP contribution in [0.1, 0.15) is 5.69 Å². The maximum absolute atomic E-state index is 4.68. The maximum Gasteiger partial charge on any atom is 0.178 e. The molecule has 0 aliphatic carbocycles. The van der Waals surface area contributed by atoms with Crippen molar-refractivity contribution in [2.75, 3.05) is 41.7 Å². The van der Waals surface area contributed by atoms with Crippen molar-refractivity contribution in [1.29, 1.82) is 0 Å². The van der Waals surface area contributed by atoms with E-state index in [0.717, 1.165) is 82.6 Å². The van der Waals surface area contributed by atoms with E-state index >= 15 is 0 Å². The Morgan fingerprint density at radius 1 is 0.829 bits per heavy atom. The van der Waals surface area contributed by atoms with Crippen LogP contribution in [-0.4, -0.2) is 56.1 Å². The molecule has 10 heteroatoms. The number of imidazole rings is 1. The summed E-state index contributed by atoms with van der Waals surface area (Å²) >= 11 is 0. The lowest BCUT2D eigenvalue weighted by atomic mass is 9.74. The van der Waals surface area contributed by atoms with Gasteiger partial charge in [-0.2, -0.15) is 0 Å². The average Bonchev–Trinajstić information content (AvgIpc) is 3.36. The van der Waals surface area contributed by atoms with Crippen molar-refractivity contribution >= 4 is 50.6 Å². The molecule has 6 aromatic rings. The first-order valence-electron chi connectivity index (χ1n) is 13.7. The lowest BCUT2D eigenvalue weighted by Crippen LogP contribution is -2.71. The summed E-state index contributed by atoms with van der Waals surface area (Å²) < 4.78 is 0. The number of aromatic nitrogens is 6. The second-order valence-electron chi connectivity index (χ2n) is 11.1. The highest BCUT2D eigenvalue weighted by Gasteiger charge is 2.47. The van der Waals surface area contributed by atoms with E-state index in [2.05, 4.69) is 69.0 Å². The molecule has 2 fully saturated rings.